The van der Waals surface area contributed by atoms with Gasteiger partial charge in [0.2, 0.25) is 5.91 Å². The molecule has 2 atom stereocenters. The fraction of sp³-hybridized carbons (Fsp3) is 0.391. The zero-order chi connectivity index (χ0) is 20.2. The number of anilines is 2. The van der Waals surface area contributed by atoms with Crippen LogP contribution in [-0.4, -0.2) is 29.9 Å². The highest BCUT2D eigenvalue weighted by atomic mass is 16.2. The SMILES string of the molecule is Nc1ccc2c(c1)CCCC2NC(=O)C1CCCN(C(=O)Nc2ccccc2)C1. The maximum absolute atomic E-state index is 13.0. The number of nitrogens with one attached hydrogen (secondary N) is 2. The number of fused-ring (bicyclic) bond motifs is 1. The van der Waals surface area contributed by atoms with Crippen molar-refractivity contribution in [2.75, 3.05) is 24.1 Å². The number of hydrogen-bond acceptors (Lipinski definition) is 3. The summed E-state index contributed by atoms with van der Waals surface area (Å²) >= 11 is 0. The lowest BCUT2D eigenvalue weighted by molar-refractivity contribution is -0.127. The van der Waals surface area contributed by atoms with E-state index in [1.165, 1.54) is 11.1 Å². The molecule has 3 amide bonds. The van der Waals surface area contributed by atoms with Gasteiger partial charge in [0.1, 0.15) is 0 Å². The number of nitrogens with two attached hydrogens (primary N) is 1. The van der Waals surface area contributed by atoms with E-state index < -0.39 is 0 Å². The number of carbonyl (C=O) groups excluding carboxylic acids is 2. The van der Waals surface area contributed by atoms with E-state index in [1.807, 2.05) is 48.5 Å². The molecule has 1 saturated heterocycles. The third kappa shape index (κ3) is 4.53. The van der Waals surface area contributed by atoms with Crippen LogP contribution in [0.15, 0.2) is 48.5 Å². The number of aryl methyl sites for hydroxylation is 1. The number of nitrogen functional groups attached to an aromatic ring is 1. The first-order chi connectivity index (χ1) is 14.1. The van der Waals surface area contributed by atoms with Crippen LogP contribution in [0.25, 0.3) is 0 Å². The molecule has 2 aromatic rings. The number of benzene rings is 2. The van der Waals surface area contributed by atoms with Crippen LogP contribution in [0, 0.1) is 5.92 Å². The molecule has 1 heterocycles. The van der Waals surface area contributed by atoms with Crippen molar-refractivity contribution >= 4 is 23.3 Å². The highest BCUT2D eigenvalue weighted by Crippen LogP contribution is 2.31. The van der Waals surface area contributed by atoms with E-state index in [-0.39, 0.29) is 23.9 Å². The minimum Gasteiger partial charge on any atom is -0.399 e. The van der Waals surface area contributed by atoms with E-state index in [0.29, 0.717) is 13.1 Å². The highest BCUT2D eigenvalue weighted by Gasteiger charge is 2.31. The quantitative estimate of drug-likeness (QED) is 0.696. The molecule has 0 bridgehead atoms. The summed E-state index contributed by atoms with van der Waals surface area (Å²) in [6.07, 6.45) is 4.62. The van der Waals surface area contributed by atoms with Gasteiger partial charge >= 0.3 is 6.03 Å². The molecule has 1 aliphatic carbocycles. The zero-order valence-corrected chi connectivity index (χ0v) is 16.6. The number of hydrogen-bond donors (Lipinski definition) is 3. The Bertz CT molecular complexity index is 884. The van der Waals surface area contributed by atoms with Crippen molar-refractivity contribution in [1.82, 2.24) is 10.2 Å². The Labute approximate surface area is 171 Å². The van der Waals surface area contributed by atoms with Gasteiger partial charge in [0, 0.05) is 24.5 Å². The van der Waals surface area contributed by atoms with E-state index in [0.717, 1.165) is 43.5 Å². The van der Waals surface area contributed by atoms with Crippen LogP contribution in [0.4, 0.5) is 16.2 Å². The minimum absolute atomic E-state index is 0.0281. The molecule has 0 radical (unpaired) electrons. The van der Waals surface area contributed by atoms with Gasteiger partial charge in [-0.05, 0) is 67.5 Å². The maximum atomic E-state index is 13.0. The number of para-hydroxylation sites is 1. The molecule has 4 N–H and O–H groups in total. The zero-order valence-electron chi connectivity index (χ0n) is 16.6. The normalized spacial score (nSPS) is 21.2. The predicted octanol–water partition coefficient (Wildman–Crippen LogP) is 3.71. The predicted molar refractivity (Wildman–Crippen MR) is 114 cm³/mol. The average molecular weight is 393 g/mol. The van der Waals surface area contributed by atoms with Gasteiger partial charge < -0.3 is 21.3 Å². The second-order valence-corrected chi connectivity index (χ2v) is 7.99. The fourth-order valence-corrected chi connectivity index (χ4v) is 4.37. The van der Waals surface area contributed by atoms with Crippen molar-refractivity contribution in [2.24, 2.45) is 5.92 Å². The molecule has 0 aromatic heterocycles. The molecule has 0 spiro atoms. The number of amides is 3. The number of piperidine rings is 1. The number of urea groups is 1. The van der Waals surface area contributed by atoms with Crippen molar-refractivity contribution in [3.05, 3.63) is 59.7 Å². The van der Waals surface area contributed by atoms with E-state index in [4.69, 9.17) is 5.73 Å². The first-order valence-corrected chi connectivity index (χ1v) is 10.4. The molecular formula is C23H28N4O2. The molecule has 2 aromatic carbocycles. The lowest BCUT2D eigenvalue weighted by Gasteiger charge is -2.34. The summed E-state index contributed by atoms with van der Waals surface area (Å²) in [5, 5.41) is 6.15. The third-order valence-electron chi connectivity index (χ3n) is 5.90. The first-order valence-electron chi connectivity index (χ1n) is 10.4. The number of nitrogens with zero attached hydrogens (tertiary/aromatic N) is 1. The second kappa shape index (κ2) is 8.55. The van der Waals surface area contributed by atoms with Crippen LogP contribution in [0.3, 0.4) is 0 Å². The number of likely N-dealkylation sites (tertiary alicyclic amines) is 1. The number of carbonyl (C=O) groups is 2. The van der Waals surface area contributed by atoms with Crippen LogP contribution in [0.2, 0.25) is 0 Å². The Kier molecular flexibility index (Phi) is 5.69. The minimum atomic E-state index is -0.176. The van der Waals surface area contributed by atoms with Crippen molar-refractivity contribution in [1.29, 1.82) is 0 Å². The van der Waals surface area contributed by atoms with Crippen molar-refractivity contribution in [2.45, 2.75) is 38.1 Å². The summed E-state index contributed by atoms with van der Waals surface area (Å²) in [6, 6.07) is 15.2. The van der Waals surface area contributed by atoms with Gasteiger partial charge in [0.25, 0.3) is 0 Å². The molecule has 2 unspecified atom stereocenters. The molecule has 1 aliphatic heterocycles. The van der Waals surface area contributed by atoms with Gasteiger partial charge in [-0.2, -0.15) is 0 Å². The molecule has 2 aliphatic rings. The lowest BCUT2D eigenvalue weighted by atomic mass is 9.86. The van der Waals surface area contributed by atoms with Gasteiger partial charge in [-0.3, -0.25) is 4.79 Å². The summed E-state index contributed by atoms with van der Waals surface area (Å²) in [4.78, 5) is 27.3. The van der Waals surface area contributed by atoms with Crippen molar-refractivity contribution in [3.63, 3.8) is 0 Å². The van der Waals surface area contributed by atoms with Gasteiger partial charge in [0.05, 0.1) is 12.0 Å². The van der Waals surface area contributed by atoms with Gasteiger partial charge in [0.15, 0.2) is 0 Å². The summed E-state index contributed by atoms with van der Waals surface area (Å²) < 4.78 is 0. The molecule has 29 heavy (non-hydrogen) atoms. The van der Waals surface area contributed by atoms with Gasteiger partial charge in [-0.15, -0.1) is 0 Å². The average Bonchev–Trinajstić information content (AvgIpc) is 2.74. The largest absolute Gasteiger partial charge is 0.399 e. The molecule has 1 fully saturated rings. The van der Waals surface area contributed by atoms with E-state index in [2.05, 4.69) is 10.6 Å². The summed E-state index contributed by atoms with van der Waals surface area (Å²) in [5.41, 5.74) is 9.85. The second-order valence-electron chi connectivity index (χ2n) is 7.99. The van der Waals surface area contributed by atoms with Crippen LogP contribution < -0.4 is 16.4 Å². The Morgan fingerprint density at radius 1 is 1.03 bits per heavy atom. The molecular weight excluding hydrogens is 364 g/mol. The molecule has 4 rings (SSSR count). The lowest BCUT2D eigenvalue weighted by Crippen LogP contribution is -2.47. The Morgan fingerprint density at radius 3 is 2.69 bits per heavy atom. The molecule has 6 nitrogen and oxygen atoms in total. The fourth-order valence-electron chi connectivity index (χ4n) is 4.37. The van der Waals surface area contributed by atoms with Gasteiger partial charge in [-0.1, -0.05) is 24.3 Å². The first kappa shape index (κ1) is 19.3. The third-order valence-corrected chi connectivity index (χ3v) is 5.90. The highest BCUT2D eigenvalue weighted by molar-refractivity contribution is 5.90. The smallest absolute Gasteiger partial charge is 0.321 e. The molecule has 0 saturated carbocycles. The monoisotopic (exact) mass is 392 g/mol. The van der Waals surface area contributed by atoms with Crippen LogP contribution in [0.1, 0.15) is 42.9 Å². The summed E-state index contributed by atoms with van der Waals surface area (Å²) in [5.74, 6) is -0.138. The van der Waals surface area contributed by atoms with Gasteiger partial charge in [-0.25, -0.2) is 4.79 Å². The Morgan fingerprint density at radius 2 is 1.86 bits per heavy atom. The standard InChI is InChI=1S/C23H28N4O2/c24-18-11-12-20-16(14-18)6-4-10-21(20)26-22(28)17-7-5-13-27(15-17)23(29)25-19-8-2-1-3-9-19/h1-3,8-9,11-12,14,17,21H,4-7,10,13,15,24H2,(H,25,29)(H,26,28). The Balaban J connectivity index is 1.38. The molecule has 152 valence electrons. The van der Waals surface area contributed by atoms with Crippen LogP contribution in [0.5, 0.6) is 0 Å². The number of rotatable bonds is 3. The van der Waals surface area contributed by atoms with E-state index >= 15 is 0 Å². The summed E-state index contributed by atoms with van der Waals surface area (Å²) in [7, 11) is 0. The summed E-state index contributed by atoms with van der Waals surface area (Å²) in [6.45, 7) is 1.12. The van der Waals surface area contributed by atoms with E-state index in [9.17, 15) is 9.59 Å². The van der Waals surface area contributed by atoms with Crippen molar-refractivity contribution in [3.8, 4) is 0 Å². The molecule has 6 heteroatoms. The van der Waals surface area contributed by atoms with Crippen LogP contribution in [-0.2, 0) is 11.2 Å². The maximum Gasteiger partial charge on any atom is 0.321 e. The Hall–Kier alpha value is -3.02. The van der Waals surface area contributed by atoms with Crippen molar-refractivity contribution < 1.29 is 9.59 Å². The van der Waals surface area contributed by atoms with E-state index in [1.54, 1.807) is 4.90 Å². The van der Waals surface area contributed by atoms with Crippen LogP contribution >= 0.6 is 0 Å². The topological polar surface area (TPSA) is 87.5 Å².